The highest BCUT2D eigenvalue weighted by atomic mass is 32.2. The van der Waals surface area contributed by atoms with Gasteiger partial charge >= 0.3 is 5.97 Å². The van der Waals surface area contributed by atoms with Gasteiger partial charge < -0.3 is 19.3 Å². The molecule has 12 heteroatoms. The van der Waals surface area contributed by atoms with Crippen LogP contribution in [0.5, 0.6) is 5.88 Å². The van der Waals surface area contributed by atoms with Crippen molar-refractivity contribution in [2.24, 2.45) is 0 Å². The fourth-order valence-electron chi connectivity index (χ4n) is 4.57. The van der Waals surface area contributed by atoms with E-state index in [1.54, 1.807) is 71.9 Å². The monoisotopic (exact) mass is 561 g/mol. The summed E-state index contributed by atoms with van der Waals surface area (Å²) in [6, 6.07) is 16.5. The number of hydrogen-bond donors (Lipinski definition) is 1. The van der Waals surface area contributed by atoms with Crippen molar-refractivity contribution >= 4 is 44.2 Å². The van der Waals surface area contributed by atoms with Crippen LogP contribution in [0.2, 0.25) is 0 Å². The van der Waals surface area contributed by atoms with E-state index in [0.29, 0.717) is 42.9 Å². The SMILES string of the molecule is COC(=O)c1cc(N2CCN(C(=O)c3ccc(NS(=O)(=O)c4cccc5cccnc45)cc3)CC2)cnc1OC. The number of pyridine rings is 2. The molecule has 206 valence electrons. The molecule has 1 N–H and O–H groups in total. The number of carbonyl (C=O) groups excluding carboxylic acids is 2. The van der Waals surface area contributed by atoms with Gasteiger partial charge in [0, 0.05) is 49.0 Å². The van der Waals surface area contributed by atoms with Gasteiger partial charge in [0.25, 0.3) is 15.9 Å². The molecule has 2 aromatic heterocycles. The highest BCUT2D eigenvalue weighted by molar-refractivity contribution is 7.93. The van der Waals surface area contributed by atoms with Crippen molar-refractivity contribution < 1.29 is 27.5 Å². The van der Waals surface area contributed by atoms with Gasteiger partial charge in [0.05, 0.1) is 31.6 Å². The number of benzene rings is 2. The van der Waals surface area contributed by atoms with Gasteiger partial charge in [-0.15, -0.1) is 0 Å². The number of aromatic nitrogens is 2. The first-order valence-corrected chi connectivity index (χ1v) is 13.9. The number of piperazine rings is 1. The summed E-state index contributed by atoms with van der Waals surface area (Å²) >= 11 is 0. The van der Waals surface area contributed by atoms with Crippen LogP contribution in [0.25, 0.3) is 10.9 Å². The summed E-state index contributed by atoms with van der Waals surface area (Å²) < 4.78 is 38.7. The Balaban J connectivity index is 1.24. The summed E-state index contributed by atoms with van der Waals surface area (Å²) in [5.41, 5.74) is 2.13. The van der Waals surface area contributed by atoms with Crippen LogP contribution in [0.3, 0.4) is 0 Å². The molecule has 2 aromatic carbocycles. The summed E-state index contributed by atoms with van der Waals surface area (Å²) in [4.78, 5) is 37.5. The molecule has 1 amide bonds. The molecule has 5 rings (SSSR count). The Morgan fingerprint density at radius 1 is 0.925 bits per heavy atom. The number of rotatable bonds is 7. The van der Waals surface area contributed by atoms with Crippen LogP contribution in [-0.2, 0) is 14.8 Å². The molecule has 0 spiro atoms. The fraction of sp³-hybridized carbons (Fsp3) is 0.214. The van der Waals surface area contributed by atoms with E-state index in [-0.39, 0.29) is 22.2 Å². The molecule has 1 saturated heterocycles. The third kappa shape index (κ3) is 5.38. The highest BCUT2D eigenvalue weighted by Gasteiger charge is 2.25. The van der Waals surface area contributed by atoms with E-state index in [2.05, 4.69) is 14.7 Å². The highest BCUT2D eigenvalue weighted by Crippen LogP contribution is 2.26. The van der Waals surface area contributed by atoms with Crippen LogP contribution < -0.4 is 14.4 Å². The minimum absolute atomic E-state index is 0.0781. The predicted octanol–water partition coefficient (Wildman–Crippen LogP) is 3.19. The zero-order chi connectivity index (χ0) is 28.3. The molecule has 0 bridgehead atoms. The first kappa shape index (κ1) is 26.9. The predicted molar refractivity (Wildman–Crippen MR) is 149 cm³/mol. The third-order valence-corrected chi connectivity index (χ3v) is 8.05. The van der Waals surface area contributed by atoms with E-state index in [0.717, 1.165) is 11.1 Å². The van der Waals surface area contributed by atoms with Crippen LogP contribution in [0, 0.1) is 0 Å². The maximum atomic E-state index is 13.1. The van der Waals surface area contributed by atoms with Crippen LogP contribution in [-0.4, -0.2) is 75.6 Å². The van der Waals surface area contributed by atoms with Gasteiger partial charge in [-0.2, -0.15) is 0 Å². The summed E-state index contributed by atoms with van der Waals surface area (Å²) in [5, 5.41) is 0.721. The van der Waals surface area contributed by atoms with E-state index >= 15 is 0 Å². The Labute approximate surface area is 231 Å². The summed E-state index contributed by atoms with van der Waals surface area (Å²) in [6.45, 7) is 2.00. The first-order valence-electron chi connectivity index (χ1n) is 12.4. The molecule has 1 aliphatic heterocycles. The topological polar surface area (TPSA) is 131 Å². The standard InChI is InChI=1S/C28H27N5O6S/c1-38-26-23(28(35)39-2)17-22(18-30-26)32-13-15-33(16-14-32)27(34)20-8-10-21(11-9-20)31-40(36,37)24-7-3-5-19-6-4-12-29-25(19)24/h3-12,17-18,31H,13-16H2,1-2H3. The van der Waals surface area contributed by atoms with E-state index in [9.17, 15) is 18.0 Å². The number of nitrogens with one attached hydrogen (secondary N) is 1. The molecule has 4 aromatic rings. The van der Waals surface area contributed by atoms with Crippen molar-refractivity contribution in [3.8, 4) is 5.88 Å². The second-order valence-corrected chi connectivity index (χ2v) is 10.7. The zero-order valence-electron chi connectivity index (χ0n) is 21.9. The second kappa shape index (κ2) is 11.2. The number of esters is 1. The lowest BCUT2D eigenvalue weighted by Crippen LogP contribution is -2.48. The minimum atomic E-state index is -3.90. The zero-order valence-corrected chi connectivity index (χ0v) is 22.7. The fourth-order valence-corrected chi connectivity index (χ4v) is 5.81. The lowest BCUT2D eigenvalue weighted by molar-refractivity contribution is 0.0596. The van der Waals surface area contributed by atoms with E-state index in [1.807, 2.05) is 4.90 Å². The maximum absolute atomic E-state index is 13.1. The lowest BCUT2D eigenvalue weighted by Gasteiger charge is -2.36. The molecular formula is C28H27N5O6S. The number of anilines is 2. The Morgan fingerprint density at radius 3 is 2.35 bits per heavy atom. The Bertz CT molecular complexity index is 1660. The number of ether oxygens (including phenoxy) is 2. The van der Waals surface area contributed by atoms with Crippen molar-refractivity contribution in [2.45, 2.75) is 4.90 Å². The van der Waals surface area contributed by atoms with Crippen molar-refractivity contribution in [3.05, 3.63) is 84.2 Å². The van der Waals surface area contributed by atoms with Gasteiger partial charge in [-0.3, -0.25) is 14.5 Å². The van der Waals surface area contributed by atoms with Gasteiger partial charge in [0.1, 0.15) is 10.5 Å². The first-order chi connectivity index (χ1) is 19.3. The number of amides is 1. The van der Waals surface area contributed by atoms with Crippen molar-refractivity contribution in [1.82, 2.24) is 14.9 Å². The molecule has 40 heavy (non-hydrogen) atoms. The Morgan fingerprint density at radius 2 is 1.65 bits per heavy atom. The number of hydrogen-bond acceptors (Lipinski definition) is 9. The average molecular weight is 562 g/mol. The van der Waals surface area contributed by atoms with E-state index in [1.165, 1.54) is 20.3 Å². The molecule has 1 aliphatic rings. The van der Waals surface area contributed by atoms with Gasteiger partial charge in [-0.05, 0) is 42.5 Å². The molecule has 0 unspecified atom stereocenters. The van der Waals surface area contributed by atoms with Crippen molar-refractivity contribution in [1.29, 1.82) is 0 Å². The smallest absolute Gasteiger partial charge is 0.343 e. The average Bonchev–Trinajstić information content (AvgIpc) is 3.00. The molecule has 11 nitrogen and oxygen atoms in total. The summed E-state index contributed by atoms with van der Waals surface area (Å²) in [6.07, 6.45) is 3.17. The number of nitrogens with zero attached hydrogens (tertiary/aromatic N) is 4. The molecule has 0 atom stereocenters. The summed E-state index contributed by atoms with van der Waals surface area (Å²) in [7, 11) is -1.17. The quantitative estimate of drug-likeness (QED) is 0.338. The van der Waals surface area contributed by atoms with Crippen LogP contribution in [0.15, 0.2) is 78.0 Å². The van der Waals surface area contributed by atoms with Gasteiger partial charge in [0.15, 0.2) is 0 Å². The molecule has 0 radical (unpaired) electrons. The van der Waals surface area contributed by atoms with Gasteiger partial charge in [-0.1, -0.05) is 18.2 Å². The Hall–Kier alpha value is -4.71. The molecular weight excluding hydrogens is 534 g/mol. The molecule has 1 fully saturated rings. The normalized spacial score (nSPS) is 13.7. The van der Waals surface area contributed by atoms with E-state index < -0.39 is 16.0 Å². The van der Waals surface area contributed by atoms with Gasteiger partial charge in [-0.25, -0.2) is 18.2 Å². The number of para-hydroxylation sites is 1. The third-order valence-electron chi connectivity index (χ3n) is 6.64. The van der Waals surface area contributed by atoms with Crippen molar-refractivity contribution in [3.63, 3.8) is 0 Å². The number of sulfonamides is 1. The molecule has 0 saturated carbocycles. The van der Waals surface area contributed by atoms with E-state index in [4.69, 9.17) is 9.47 Å². The van der Waals surface area contributed by atoms with Crippen LogP contribution in [0.4, 0.5) is 11.4 Å². The maximum Gasteiger partial charge on any atom is 0.343 e. The minimum Gasteiger partial charge on any atom is -0.480 e. The lowest BCUT2D eigenvalue weighted by atomic mass is 10.1. The number of carbonyl (C=O) groups is 2. The molecule has 0 aliphatic carbocycles. The van der Waals surface area contributed by atoms with Crippen LogP contribution in [0.1, 0.15) is 20.7 Å². The van der Waals surface area contributed by atoms with Crippen LogP contribution >= 0.6 is 0 Å². The molecule has 3 heterocycles. The number of methoxy groups -OCH3 is 2. The summed E-state index contributed by atoms with van der Waals surface area (Å²) in [5.74, 6) is -0.515. The van der Waals surface area contributed by atoms with Gasteiger partial charge in [0.2, 0.25) is 5.88 Å². The van der Waals surface area contributed by atoms with Crippen molar-refractivity contribution in [2.75, 3.05) is 50.0 Å². The largest absolute Gasteiger partial charge is 0.480 e. The second-order valence-electron chi connectivity index (χ2n) is 9.04. The number of fused-ring (bicyclic) bond motifs is 1. The Kier molecular flexibility index (Phi) is 7.52.